The molecule has 0 aliphatic heterocycles. The summed E-state index contributed by atoms with van der Waals surface area (Å²) in [6.07, 6.45) is 3.75. The van der Waals surface area contributed by atoms with E-state index in [1.807, 2.05) is 24.3 Å². The Bertz CT molecular complexity index is 552. The normalized spacial score (nSPS) is 13.9. The van der Waals surface area contributed by atoms with Crippen molar-refractivity contribution in [2.45, 2.75) is 18.9 Å². The van der Waals surface area contributed by atoms with Crippen LogP contribution in [-0.2, 0) is 12.0 Å². The summed E-state index contributed by atoms with van der Waals surface area (Å²) in [5.41, 5.74) is 0.731. The van der Waals surface area contributed by atoms with Crippen molar-refractivity contribution in [3.05, 3.63) is 58.9 Å². The van der Waals surface area contributed by atoms with Gasteiger partial charge in [-0.1, -0.05) is 23.7 Å². The van der Waals surface area contributed by atoms with Crippen molar-refractivity contribution in [1.29, 1.82) is 0 Å². The summed E-state index contributed by atoms with van der Waals surface area (Å²) in [4.78, 5) is 4.07. The molecule has 1 unspecified atom stereocenters. The lowest BCUT2D eigenvalue weighted by molar-refractivity contribution is 0.0570. The molecule has 0 aliphatic rings. The molecule has 19 heavy (non-hydrogen) atoms. The van der Waals surface area contributed by atoms with Crippen LogP contribution < -0.4 is 4.74 Å². The number of halogens is 1. The minimum Gasteiger partial charge on any atom is -0.495 e. The second-order valence-corrected chi connectivity index (χ2v) is 5.13. The lowest BCUT2D eigenvalue weighted by atomic mass is 9.90. The molecule has 2 rings (SSSR count). The van der Waals surface area contributed by atoms with Crippen LogP contribution in [0.1, 0.15) is 18.1 Å². The van der Waals surface area contributed by atoms with Gasteiger partial charge in [0.1, 0.15) is 5.75 Å². The fourth-order valence-corrected chi connectivity index (χ4v) is 2.05. The van der Waals surface area contributed by atoms with E-state index in [4.69, 9.17) is 16.3 Å². The first-order valence-electron chi connectivity index (χ1n) is 5.97. The maximum absolute atomic E-state index is 10.6. The molecule has 0 saturated carbocycles. The van der Waals surface area contributed by atoms with Gasteiger partial charge in [0.15, 0.2) is 0 Å². The Hall–Kier alpha value is -1.58. The molecule has 0 fully saturated rings. The lowest BCUT2D eigenvalue weighted by Crippen LogP contribution is -2.24. The summed E-state index contributed by atoms with van der Waals surface area (Å²) in [5, 5.41) is 11.3. The van der Waals surface area contributed by atoms with Crippen molar-refractivity contribution >= 4 is 11.6 Å². The van der Waals surface area contributed by atoms with Gasteiger partial charge in [0.05, 0.1) is 18.9 Å². The number of aromatic nitrogens is 1. The standard InChI is InChI=1S/C15H16ClNO2/c1-15(18,8-11-3-5-13(16)6-4-11)12-7-14(19-2)10-17-9-12/h3-7,9-10,18H,8H2,1-2H3. The molecule has 4 heteroatoms. The second kappa shape index (κ2) is 5.59. The van der Waals surface area contributed by atoms with E-state index in [0.717, 1.165) is 11.1 Å². The first-order chi connectivity index (χ1) is 9.01. The SMILES string of the molecule is COc1cncc(C(C)(O)Cc2ccc(Cl)cc2)c1. The lowest BCUT2D eigenvalue weighted by Gasteiger charge is -2.24. The molecule has 0 saturated heterocycles. The van der Waals surface area contributed by atoms with Crippen LogP contribution in [0.3, 0.4) is 0 Å². The number of methoxy groups -OCH3 is 1. The first-order valence-corrected chi connectivity index (χ1v) is 6.35. The third kappa shape index (κ3) is 3.46. The Kier molecular flexibility index (Phi) is 4.08. The van der Waals surface area contributed by atoms with Crippen molar-refractivity contribution in [3.8, 4) is 5.75 Å². The van der Waals surface area contributed by atoms with Gasteiger partial charge in [-0.05, 0) is 30.7 Å². The topological polar surface area (TPSA) is 42.4 Å². The highest BCUT2D eigenvalue weighted by Crippen LogP contribution is 2.27. The van der Waals surface area contributed by atoms with Crippen LogP contribution >= 0.6 is 11.6 Å². The molecule has 2 aromatic rings. The molecule has 0 amide bonds. The molecule has 1 aromatic carbocycles. The highest BCUT2D eigenvalue weighted by molar-refractivity contribution is 6.30. The summed E-state index contributed by atoms with van der Waals surface area (Å²) < 4.78 is 5.12. The van der Waals surface area contributed by atoms with E-state index in [0.29, 0.717) is 17.2 Å². The minimum absolute atomic E-state index is 0.485. The number of aliphatic hydroxyl groups is 1. The molecule has 0 bridgehead atoms. The van der Waals surface area contributed by atoms with Gasteiger partial charge in [-0.25, -0.2) is 0 Å². The molecule has 1 N–H and O–H groups in total. The predicted octanol–water partition coefficient (Wildman–Crippen LogP) is 3.19. The van der Waals surface area contributed by atoms with Gasteiger partial charge in [-0.3, -0.25) is 4.98 Å². The van der Waals surface area contributed by atoms with Crippen molar-refractivity contribution in [2.75, 3.05) is 7.11 Å². The zero-order valence-corrected chi connectivity index (χ0v) is 11.7. The number of benzene rings is 1. The summed E-state index contributed by atoms with van der Waals surface area (Å²) >= 11 is 5.85. The highest BCUT2D eigenvalue weighted by Gasteiger charge is 2.24. The van der Waals surface area contributed by atoms with Crippen molar-refractivity contribution in [1.82, 2.24) is 4.98 Å². The molecule has 0 spiro atoms. The van der Waals surface area contributed by atoms with Gasteiger partial charge >= 0.3 is 0 Å². The molecule has 1 atom stereocenters. The zero-order valence-electron chi connectivity index (χ0n) is 10.9. The molecule has 0 aliphatic carbocycles. The average molecular weight is 278 g/mol. The largest absolute Gasteiger partial charge is 0.495 e. The van der Waals surface area contributed by atoms with E-state index in [1.54, 1.807) is 32.5 Å². The Morgan fingerprint density at radius 2 is 1.95 bits per heavy atom. The van der Waals surface area contributed by atoms with Crippen LogP contribution in [0.2, 0.25) is 5.02 Å². The van der Waals surface area contributed by atoms with Crippen molar-refractivity contribution in [2.24, 2.45) is 0 Å². The quantitative estimate of drug-likeness (QED) is 0.933. The van der Waals surface area contributed by atoms with Gasteiger partial charge in [0.2, 0.25) is 0 Å². The van der Waals surface area contributed by atoms with Crippen molar-refractivity contribution in [3.63, 3.8) is 0 Å². The van der Waals surface area contributed by atoms with Gasteiger partial charge in [0, 0.05) is 23.2 Å². The maximum atomic E-state index is 10.6. The van der Waals surface area contributed by atoms with E-state index in [2.05, 4.69) is 4.98 Å². The Labute approximate surface area is 117 Å². The van der Waals surface area contributed by atoms with Crippen molar-refractivity contribution < 1.29 is 9.84 Å². The smallest absolute Gasteiger partial charge is 0.137 e. The first kappa shape index (κ1) is 13.8. The number of nitrogens with zero attached hydrogens (tertiary/aromatic N) is 1. The molecular weight excluding hydrogens is 262 g/mol. The third-order valence-corrected chi connectivity index (χ3v) is 3.28. The van der Waals surface area contributed by atoms with Gasteiger partial charge in [0.25, 0.3) is 0 Å². The molecule has 3 nitrogen and oxygen atoms in total. The number of hydrogen-bond donors (Lipinski definition) is 1. The Morgan fingerprint density at radius 1 is 1.26 bits per heavy atom. The monoisotopic (exact) mass is 277 g/mol. The summed E-state index contributed by atoms with van der Waals surface area (Å²) in [6.45, 7) is 1.76. The van der Waals surface area contributed by atoms with Gasteiger partial charge < -0.3 is 9.84 Å². The van der Waals surface area contributed by atoms with Crippen LogP contribution in [-0.4, -0.2) is 17.2 Å². The van der Waals surface area contributed by atoms with E-state index in [1.165, 1.54) is 0 Å². The highest BCUT2D eigenvalue weighted by atomic mass is 35.5. The third-order valence-electron chi connectivity index (χ3n) is 3.03. The Balaban J connectivity index is 2.23. The molecular formula is C15H16ClNO2. The predicted molar refractivity (Wildman–Crippen MR) is 75.5 cm³/mol. The van der Waals surface area contributed by atoms with Crippen LogP contribution in [0.5, 0.6) is 5.75 Å². The molecule has 1 aromatic heterocycles. The second-order valence-electron chi connectivity index (χ2n) is 4.69. The van der Waals surface area contributed by atoms with Crippen LogP contribution in [0, 0.1) is 0 Å². The van der Waals surface area contributed by atoms with Crippen LogP contribution in [0.25, 0.3) is 0 Å². The fraction of sp³-hybridized carbons (Fsp3) is 0.267. The van der Waals surface area contributed by atoms with Crippen LogP contribution in [0.15, 0.2) is 42.7 Å². The number of pyridine rings is 1. The molecule has 0 radical (unpaired) electrons. The molecule has 100 valence electrons. The van der Waals surface area contributed by atoms with Gasteiger partial charge in [-0.15, -0.1) is 0 Å². The summed E-state index contributed by atoms with van der Waals surface area (Å²) in [7, 11) is 1.58. The minimum atomic E-state index is -1.00. The van der Waals surface area contributed by atoms with E-state index < -0.39 is 5.60 Å². The summed E-state index contributed by atoms with van der Waals surface area (Å²) in [5.74, 6) is 0.633. The summed E-state index contributed by atoms with van der Waals surface area (Å²) in [6, 6.07) is 9.24. The van der Waals surface area contributed by atoms with Gasteiger partial charge in [-0.2, -0.15) is 0 Å². The fourth-order valence-electron chi connectivity index (χ4n) is 1.93. The maximum Gasteiger partial charge on any atom is 0.137 e. The number of rotatable bonds is 4. The van der Waals surface area contributed by atoms with E-state index in [-0.39, 0.29) is 0 Å². The van der Waals surface area contributed by atoms with E-state index >= 15 is 0 Å². The number of hydrogen-bond acceptors (Lipinski definition) is 3. The average Bonchev–Trinajstić information content (AvgIpc) is 2.41. The Morgan fingerprint density at radius 3 is 2.58 bits per heavy atom. The zero-order chi connectivity index (χ0) is 13.9. The van der Waals surface area contributed by atoms with E-state index in [9.17, 15) is 5.11 Å². The molecule has 1 heterocycles. The van der Waals surface area contributed by atoms with Crippen LogP contribution in [0.4, 0.5) is 0 Å². The number of ether oxygens (including phenoxy) is 1.